The smallest absolute Gasteiger partial charge is 0.253 e. The molecule has 0 atom stereocenters. The third-order valence-corrected chi connectivity index (χ3v) is 10.9. The van der Waals surface area contributed by atoms with Crippen molar-refractivity contribution < 1.29 is 9.59 Å². The van der Waals surface area contributed by atoms with Crippen molar-refractivity contribution in [1.29, 1.82) is 0 Å². The Labute approximate surface area is 161 Å². The van der Waals surface area contributed by atoms with Gasteiger partial charge in [0, 0.05) is 18.7 Å². The second-order valence-corrected chi connectivity index (χ2v) is 11.2. The first kappa shape index (κ1) is 17.9. The van der Waals surface area contributed by atoms with Crippen LogP contribution in [0.4, 0.5) is 0 Å². The number of carbonyl (C=O) groups excluding carboxylic acids is 2. The summed E-state index contributed by atoms with van der Waals surface area (Å²) >= 11 is 0. The Morgan fingerprint density at radius 2 is 1.33 bits per heavy atom. The van der Waals surface area contributed by atoms with Gasteiger partial charge in [0.2, 0.25) is 0 Å². The van der Waals surface area contributed by atoms with E-state index in [0.717, 1.165) is 19.5 Å². The van der Waals surface area contributed by atoms with E-state index >= 15 is 0 Å². The molecular formula is C22H24N2O2Si. The fraction of sp³-hybridized carbons (Fsp3) is 0.273. The van der Waals surface area contributed by atoms with E-state index in [2.05, 4.69) is 65.2 Å². The van der Waals surface area contributed by atoms with Crippen LogP contribution in [0.25, 0.3) is 0 Å². The summed E-state index contributed by atoms with van der Waals surface area (Å²) in [4.78, 5) is 24.9. The van der Waals surface area contributed by atoms with Crippen molar-refractivity contribution >= 4 is 30.4 Å². The maximum absolute atomic E-state index is 11.8. The Morgan fingerprint density at radius 3 is 1.89 bits per heavy atom. The molecule has 1 saturated heterocycles. The molecule has 2 aromatic rings. The van der Waals surface area contributed by atoms with Crippen molar-refractivity contribution in [3.05, 3.63) is 72.8 Å². The van der Waals surface area contributed by atoms with E-state index in [0.29, 0.717) is 6.54 Å². The average molecular weight is 377 g/mol. The highest BCUT2D eigenvalue weighted by molar-refractivity contribution is 7.00. The van der Waals surface area contributed by atoms with Gasteiger partial charge in [-0.05, 0) is 42.3 Å². The van der Waals surface area contributed by atoms with Crippen molar-refractivity contribution in [2.45, 2.75) is 18.9 Å². The Bertz CT molecular complexity index is 794. The van der Waals surface area contributed by atoms with Crippen LogP contribution in [0.15, 0.2) is 72.8 Å². The Kier molecular flexibility index (Phi) is 5.05. The second kappa shape index (κ2) is 7.62. The van der Waals surface area contributed by atoms with Gasteiger partial charge in [-0.25, -0.2) is 0 Å². The number of hydrogen-bond donors (Lipinski definition) is 0. The summed E-state index contributed by atoms with van der Waals surface area (Å²) in [5.41, 5.74) is 0. The van der Waals surface area contributed by atoms with Crippen LogP contribution in [0, 0.1) is 0 Å². The lowest BCUT2D eigenvalue weighted by atomic mass is 10.3. The minimum atomic E-state index is -2.00. The van der Waals surface area contributed by atoms with Crippen LogP contribution in [-0.2, 0) is 9.59 Å². The highest BCUT2D eigenvalue weighted by Gasteiger charge is 2.46. The molecule has 0 saturated carbocycles. The van der Waals surface area contributed by atoms with E-state index in [1.165, 1.54) is 39.9 Å². The van der Waals surface area contributed by atoms with Crippen molar-refractivity contribution in [1.82, 2.24) is 9.47 Å². The standard InChI is InChI=1S/C22H24N2O2Si/c25-21-13-14-22(26)24(21)17-7-15-23-16-8-18-27(23,19-9-3-1-4-10-19)20-11-5-2-6-12-20/h1-6,9-14H,7-8,15-18H2. The van der Waals surface area contributed by atoms with Gasteiger partial charge in [0.05, 0.1) is 0 Å². The molecule has 0 radical (unpaired) electrons. The monoisotopic (exact) mass is 376 g/mol. The van der Waals surface area contributed by atoms with E-state index in [4.69, 9.17) is 0 Å². The topological polar surface area (TPSA) is 40.6 Å². The first-order chi connectivity index (χ1) is 13.2. The molecule has 0 aliphatic carbocycles. The minimum Gasteiger partial charge on any atom is -0.316 e. The zero-order chi connectivity index (χ0) is 18.7. The van der Waals surface area contributed by atoms with Gasteiger partial charge in [-0.3, -0.25) is 14.5 Å². The highest BCUT2D eigenvalue weighted by atomic mass is 28.3. The van der Waals surface area contributed by atoms with Crippen LogP contribution >= 0.6 is 0 Å². The van der Waals surface area contributed by atoms with Gasteiger partial charge in [-0.2, -0.15) is 0 Å². The van der Waals surface area contributed by atoms with E-state index in [-0.39, 0.29) is 11.8 Å². The maximum atomic E-state index is 11.8. The van der Waals surface area contributed by atoms with Gasteiger partial charge in [0.25, 0.3) is 11.8 Å². The molecule has 4 nitrogen and oxygen atoms in total. The van der Waals surface area contributed by atoms with Crippen LogP contribution in [0.2, 0.25) is 6.04 Å². The molecule has 27 heavy (non-hydrogen) atoms. The van der Waals surface area contributed by atoms with Gasteiger partial charge in [0.1, 0.15) is 0 Å². The van der Waals surface area contributed by atoms with Crippen LogP contribution in [-0.4, -0.2) is 49.1 Å². The summed E-state index contributed by atoms with van der Waals surface area (Å²) < 4.78 is 2.66. The summed E-state index contributed by atoms with van der Waals surface area (Å²) in [5.74, 6) is -0.368. The number of amides is 2. The third kappa shape index (κ3) is 3.28. The van der Waals surface area contributed by atoms with E-state index in [1.54, 1.807) is 0 Å². The number of imide groups is 1. The molecule has 4 rings (SSSR count). The van der Waals surface area contributed by atoms with Gasteiger partial charge in [-0.1, -0.05) is 60.7 Å². The quantitative estimate of drug-likeness (QED) is 0.570. The lowest BCUT2D eigenvalue weighted by Crippen LogP contribution is -2.67. The van der Waals surface area contributed by atoms with Crippen molar-refractivity contribution in [3.63, 3.8) is 0 Å². The zero-order valence-corrected chi connectivity index (χ0v) is 16.4. The van der Waals surface area contributed by atoms with Crippen LogP contribution < -0.4 is 10.4 Å². The first-order valence-electron chi connectivity index (χ1n) is 9.61. The van der Waals surface area contributed by atoms with Gasteiger partial charge >= 0.3 is 0 Å². The summed E-state index contributed by atoms with van der Waals surface area (Å²) in [6.07, 6.45) is 4.74. The zero-order valence-electron chi connectivity index (χ0n) is 15.4. The number of hydrogen-bond acceptors (Lipinski definition) is 3. The highest BCUT2D eigenvalue weighted by Crippen LogP contribution is 2.26. The molecule has 2 amide bonds. The Balaban J connectivity index is 1.57. The van der Waals surface area contributed by atoms with Gasteiger partial charge < -0.3 is 4.57 Å². The summed E-state index contributed by atoms with van der Waals surface area (Å²) in [7, 11) is -2.00. The third-order valence-electron chi connectivity index (χ3n) is 5.72. The number of benzene rings is 2. The molecule has 0 spiro atoms. The van der Waals surface area contributed by atoms with Crippen molar-refractivity contribution in [2.24, 2.45) is 0 Å². The van der Waals surface area contributed by atoms with Crippen LogP contribution in [0.1, 0.15) is 12.8 Å². The summed E-state index contributed by atoms with van der Waals surface area (Å²) in [6, 6.07) is 23.0. The Hall–Kier alpha value is -2.50. The second-order valence-electron chi connectivity index (χ2n) is 7.20. The largest absolute Gasteiger partial charge is 0.316 e. The average Bonchev–Trinajstić information content (AvgIpc) is 3.28. The summed E-state index contributed by atoms with van der Waals surface area (Å²) in [5, 5.41) is 2.90. The fourth-order valence-corrected chi connectivity index (χ4v) is 9.69. The molecule has 2 aliphatic heterocycles. The lowest BCUT2D eigenvalue weighted by molar-refractivity contribution is -0.136. The van der Waals surface area contributed by atoms with E-state index in [9.17, 15) is 9.59 Å². The molecular weight excluding hydrogens is 352 g/mol. The van der Waals surface area contributed by atoms with E-state index < -0.39 is 8.24 Å². The molecule has 0 aromatic heterocycles. The molecule has 5 heteroatoms. The minimum absolute atomic E-state index is 0.184. The van der Waals surface area contributed by atoms with Crippen LogP contribution in [0.5, 0.6) is 0 Å². The lowest BCUT2D eigenvalue weighted by Gasteiger charge is -2.38. The molecule has 1 fully saturated rings. The molecule has 2 aliphatic rings. The molecule has 2 heterocycles. The first-order valence-corrected chi connectivity index (χ1v) is 11.8. The normalized spacial score (nSPS) is 19.2. The SMILES string of the molecule is O=C1C=CC(=O)N1CCCN1CCC[Si]1(c1ccccc1)c1ccccc1. The maximum Gasteiger partial charge on any atom is 0.253 e. The number of nitrogens with zero attached hydrogens (tertiary/aromatic N) is 2. The predicted molar refractivity (Wildman–Crippen MR) is 109 cm³/mol. The predicted octanol–water partition coefficient (Wildman–Crippen LogP) is 1.77. The number of rotatable bonds is 6. The van der Waals surface area contributed by atoms with E-state index in [1.807, 2.05) is 0 Å². The Morgan fingerprint density at radius 1 is 0.778 bits per heavy atom. The number of carbonyl (C=O) groups is 2. The molecule has 0 unspecified atom stereocenters. The van der Waals surface area contributed by atoms with Crippen molar-refractivity contribution in [3.8, 4) is 0 Å². The van der Waals surface area contributed by atoms with Crippen LogP contribution in [0.3, 0.4) is 0 Å². The molecule has 2 aromatic carbocycles. The fourth-order valence-electron chi connectivity index (χ4n) is 4.50. The van der Waals surface area contributed by atoms with Crippen molar-refractivity contribution in [2.75, 3.05) is 19.6 Å². The molecule has 0 N–H and O–H groups in total. The molecule has 0 bridgehead atoms. The molecule has 138 valence electrons. The van der Waals surface area contributed by atoms with Gasteiger partial charge in [0.15, 0.2) is 8.24 Å². The van der Waals surface area contributed by atoms with Gasteiger partial charge in [-0.15, -0.1) is 0 Å². The summed E-state index contributed by atoms with van der Waals surface area (Å²) in [6.45, 7) is 2.48.